The van der Waals surface area contributed by atoms with E-state index in [1.807, 2.05) is 0 Å². The maximum atomic E-state index is 12.1. The molecule has 0 aliphatic heterocycles. The van der Waals surface area contributed by atoms with Gasteiger partial charge in [-0.15, -0.1) is 0 Å². The van der Waals surface area contributed by atoms with Gasteiger partial charge in [0.1, 0.15) is 0 Å². The quantitative estimate of drug-likeness (QED) is 0.579. The molecule has 0 bridgehead atoms. The Kier molecular flexibility index (Phi) is 3.85. The second kappa shape index (κ2) is 4.94. The van der Waals surface area contributed by atoms with Crippen molar-refractivity contribution < 1.29 is 22.8 Å². The van der Waals surface area contributed by atoms with Crippen molar-refractivity contribution in [2.24, 2.45) is 5.84 Å². The van der Waals surface area contributed by atoms with Crippen LogP contribution in [-0.2, 0) is 22.4 Å². The predicted octanol–water partition coefficient (Wildman–Crippen LogP) is 0.213. The highest BCUT2D eigenvalue weighted by Crippen LogP contribution is 2.28. The van der Waals surface area contributed by atoms with Crippen LogP contribution >= 0.6 is 0 Å². The molecule has 0 amide bonds. The van der Waals surface area contributed by atoms with E-state index in [2.05, 4.69) is 9.94 Å². The molecule has 0 aliphatic rings. The fraction of sp³-hybridized carbons (Fsp3) is 0.429. The van der Waals surface area contributed by atoms with Crippen LogP contribution in [-0.4, -0.2) is 15.7 Å². The Morgan fingerprint density at radius 1 is 1.62 bits per heavy atom. The van der Waals surface area contributed by atoms with Crippen molar-refractivity contribution in [1.29, 1.82) is 0 Å². The molecule has 0 aliphatic carbocycles. The number of hydrazine groups is 1. The Hall–Kier alpha value is -1.61. The monoisotopic (exact) mass is 238 g/mol. The van der Waals surface area contributed by atoms with E-state index in [1.54, 1.807) is 5.59 Å². The summed E-state index contributed by atoms with van der Waals surface area (Å²) in [6.07, 6.45) is -3.07. The van der Waals surface area contributed by atoms with Crippen molar-refractivity contribution in [3.63, 3.8) is 0 Å². The molecular formula is C7H9F3N4O2. The molecule has 0 spiro atoms. The molecule has 9 heteroatoms. The lowest BCUT2D eigenvalue weighted by Crippen LogP contribution is -2.26. The first-order valence-electron chi connectivity index (χ1n) is 4.18. The second-order valence-corrected chi connectivity index (χ2v) is 2.83. The van der Waals surface area contributed by atoms with Crippen LogP contribution in [0.3, 0.4) is 0 Å². The van der Waals surface area contributed by atoms with Gasteiger partial charge in [-0.1, -0.05) is 5.59 Å². The number of carbonyl (C=O) groups is 1. The predicted molar refractivity (Wildman–Crippen MR) is 45.3 cm³/mol. The molecule has 0 radical (unpaired) electrons. The first-order valence-corrected chi connectivity index (χ1v) is 4.18. The summed E-state index contributed by atoms with van der Waals surface area (Å²) in [6, 6.07) is 0. The fourth-order valence-corrected chi connectivity index (χ4v) is 0.955. The van der Waals surface area contributed by atoms with Gasteiger partial charge >= 0.3 is 12.1 Å². The summed E-state index contributed by atoms with van der Waals surface area (Å²) in [5, 5.41) is 3.45. The van der Waals surface area contributed by atoms with Gasteiger partial charge in [0.2, 0.25) is 0 Å². The third kappa shape index (κ3) is 3.51. The average Bonchev–Trinajstić information content (AvgIpc) is 2.63. The van der Waals surface area contributed by atoms with E-state index in [0.29, 0.717) is 6.20 Å². The molecule has 0 atom stereocenters. The van der Waals surface area contributed by atoms with Gasteiger partial charge in [-0.3, -0.25) is 9.48 Å². The number of nitrogens with two attached hydrogens (primary N) is 1. The van der Waals surface area contributed by atoms with Crippen molar-refractivity contribution in [2.75, 3.05) is 0 Å². The summed E-state index contributed by atoms with van der Waals surface area (Å²) >= 11 is 0. The molecular weight excluding hydrogens is 229 g/mol. The standard InChI is InChI=1S/C7H9F3N4O2/c8-7(9,10)5-3-12-14(4-5)2-1-6(15)16-13-11/h3-4,13H,1-2,11H2. The van der Waals surface area contributed by atoms with E-state index in [1.165, 1.54) is 0 Å². The van der Waals surface area contributed by atoms with Crippen molar-refractivity contribution in [1.82, 2.24) is 15.4 Å². The number of nitrogens with zero attached hydrogens (tertiary/aromatic N) is 2. The molecule has 0 saturated heterocycles. The SMILES string of the molecule is NNOC(=O)CCn1cc(C(F)(F)F)cn1. The minimum Gasteiger partial charge on any atom is -0.356 e. The van der Waals surface area contributed by atoms with Crippen LogP contribution < -0.4 is 11.4 Å². The highest BCUT2D eigenvalue weighted by molar-refractivity contribution is 5.68. The summed E-state index contributed by atoms with van der Waals surface area (Å²) in [5.41, 5.74) is 0.811. The molecule has 1 rings (SSSR count). The van der Waals surface area contributed by atoms with E-state index in [0.717, 1.165) is 10.9 Å². The lowest BCUT2D eigenvalue weighted by atomic mass is 10.3. The topological polar surface area (TPSA) is 82.2 Å². The molecule has 0 saturated carbocycles. The highest BCUT2D eigenvalue weighted by Gasteiger charge is 2.32. The van der Waals surface area contributed by atoms with E-state index in [-0.39, 0.29) is 13.0 Å². The van der Waals surface area contributed by atoms with E-state index >= 15 is 0 Å². The molecule has 0 fully saturated rings. The van der Waals surface area contributed by atoms with Crippen LogP contribution in [0, 0.1) is 0 Å². The highest BCUT2D eigenvalue weighted by atomic mass is 19.4. The van der Waals surface area contributed by atoms with Crippen LogP contribution in [0.5, 0.6) is 0 Å². The van der Waals surface area contributed by atoms with Crippen molar-refractivity contribution in [3.05, 3.63) is 18.0 Å². The maximum Gasteiger partial charge on any atom is 0.419 e. The van der Waals surface area contributed by atoms with Crippen LogP contribution in [0.1, 0.15) is 12.0 Å². The smallest absolute Gasteiger partial charge is 0.356 e. The third-order valence-corrected chi connectivity index (χ3v) is 1.68. The summed E-state index contributed by atoms with van der Waals surface area (Å²) in [5.74, 6) is 4.01. The zero-order chi connectivity index (χ0) is 12.2. The van der Waals surface area contributed by atoms with Gasteiger partial charge in [-0.25, -0.2) is 5.84 Å². The van der Waals surface area contributed by atoms with Crippen molar-refractivity contribution in [2.45, 2.75) is 19.1 Å². The second-order valence-electron chi connectivity index (χ2n) is 2.83. The summed E-state index contributed by atoms with van der Waals surface area (Å²) < 4.78 is 37.4. The number of rotatable bonds is 4. The molecule has 1 heterocycles. The first kappa shape index (κ1) is 12.5. The minimum atomic E-state index is -4.43. The summed E-state index contributed by atoms with van der Waals surface area (Å²) in [6.45, 7) is -0.0173. The van der Waals surface area contributed by atoms with Gasteiger partial charge in [0, 0.05) is 6.20 Å². The van der Waals surface area contributed by atoms with E-state index in [4.69, 9.17) is 5.84 Å². The Balaban J connectivity index is 2.50. The van der Waals surface area contributed by atoms with Gasteiger partial charge in [-0.2, -0.15) is 18.3 Å². The van der Waals surface area contributed by atoms with E-state index < -0.39 is 17.7 Å². The van der Waals surface area contributed by atoms with Crippen molar-refractivity contribution >= 4 is 5.97 Å². The normalized spacial score (nSPS) is 11.5. The minimum absolute atomic E-state index is 0.0173. The number of nitrogens with one attached hydrogen (secondary N) is 1. The number of alkyl halides is 3. The molecule has 0 aromatic carbocycles. The number of halogens is 3. The number of carbonyl (C=O) groups excluding carboxylic acids is 1. The van der Waals surface area contributed by atoms with Crippen molar-refractivity contribution in [3.8, 4) is 0 Å². The van der Waals surface area contributed by atoms with Gasteiger partial charge in [0.25, 0.3) is 0 Å². The van der Waals surface area contributed by atoms with E-state index in [9.17, 15) is 18.0 Å². The molecule has 0 unspecified atom stereocenters. The zero-order valence-corrected chi connectivity index (χ0v) is 7.99. The Morgan fingerprint density at radius 3 is 2.81 bits per heavy atom. The molecule has 1 aromatic rings. The molecule has 90 valence electrons. The third-order valence-electron chi connectivity index (χ3n) is 1.68. The molecule has 16 heavy (non-hydrogen) atoms. The molecule has 6 nitrogen and oxygen atoms in total. The lowest BCUT2D eigenvalue weighted by molar-refractivity contribution is -0.151. The summed E-state index contributed by atoms with van der Waals surface area (Å²) in [7, 11) is 0. The zero-order valence-electron chi connectivity index (χ0n) is 7.99. The molecule has 3 N–H and O–H groups in total. The Morgan fingerprint density at radius 2 is 2.31 bits per heavy atom. The number of hydrogen-bond donors (Lipinski definition) is 2. The Bertz CT molecular complexity index is 363. The van der Waals surface area contributed by atoms with Gasteiger partial charge in [0.05, 0.1) is 24.7 Å². The van der Waals surface area contributed by atoms with Crippen LogP contribution in [0.4, 0.5) is 13.2 Å². The largest absolute Gasteiger partial charge is 0.419 e. The van der Waals surface area contributed by atoms with Crippen LogP contribution in [0.2, 0.25) is 0 Å². The van der Waals surface area contributed by atoms with Gasteiger partial charge < -0.3 is 4.84 Å². The van der Waals surface area contributed by atoms with Crippen LogP contribution in [0.25, 0.3) is 0 Å². The summed E-state index contributed by atoms with van der Waals surface area (Å²) in [4.78, 5) is 15.0. The van der Waals surface area contributed by atoms with Gasteiger partial charge in [-0.05, 0) is 0 Å². The number of aromatic nitrogens is 2. The average molecular weight is 238 g/mol. The number of hydrogen-bond acceptors (Lipinski definition) is 5. The van der Waals surface area contributed by atoms with Crippen LogP contribution in [0.15, 0.2) is 12.4 Å². The number of aryl methyl sites for hydroxylation is 1. The molecule has 1 aromatic heterocycles. The fourth-order valence-electron chi connectivity index (χ4n) is 0.955. The van der Waals surface area contributed by atoms with Gasteiger partial charge in [0.15, 0.2) is 0 Å². The maximum absolute atomic E-state index is 12.1. The lowest BCUT2D eigenvalue weighted by Gasteiger charge is -2.02. The Labute approximate surface area is 88.1 Å². The first-order chi connectivity index (χ1) is 7.43.